The molecule has 0 N–H and O–H groups in total. The minimum absolute atomic E-state index is 0.133. The second kappa shape index (κ2) is 5.73. The summed E-state index contributed by atoms with van der Waals surface area (Å²) in [7, 11) is 3.29. The molecule has 2 aromatic carbocycles. The molecule has 5 nitrogen and oxygen atoms in total. The van der Waals surface area contributed by atoms with Crippen molar-refractivity contribution in [2.24, 2.45) is 0 Å². The zero-order valence-electron chi connectivity index (χ0n) is 15.1. The van der Waals surface area contributed by atoms with E-state index in [1.165, 1.54) is 0 Å². The number of fused-ring (bicyclic) bond motifs is 2. The summed E-state index contributed by atoms with van der Waals surface area (Å²) < 4.78 is 11.1. The van der Waals surface area contributed by atoms with Crippen molar-refractivity contribution < 1.29 is 13.9 Å². The van der Waals surface area contributed by atoms with Crippen LogP contribution in [0.2, 0.25) is 0 Å². The quantitative estimate of drug-likeness (QED) is 0.709. The Bertz CT molecular complexity index is 1100. The van der Waals surface area contributed by atoms with Gasteiger partial charge in [-0.3, -0.25) is 9.59 Å². The lowest BCUT2D eigenvalue weighted by molar-refractivity contribution is 0.0771. The van der Waals surface area contributed by atoms with E-state index in [0.29, 0.717) is 16.5 Å². The minimum Gasteiger partial charge on any atom is -0.497 e. The Morgan fingerprint density at radius 1 is 1.04 bits per heavy atom. The second-order valence-corrected chi connectivity index (χ2v) is 6.70. The first-order valence-electron chi connectivity index (χ1n) is 8.41. The van der Waals surface area contributed by atoms with Crippen LogP contribution in [0.15, 0.2) is 45.6 Å². The van der Waals surface area contributed by atoms with Gasteiger partial charge in [0.2, 0.25) is 5.76 Å². The number of nitrogens with zero attached hydrogens (tertiary/aromatic N) is 1. The highest BCUT2D eigenvalue weighted by molar-refractivity contribution is 5.99. The number of rotatable bonds is 2. The van der Waals surface area contributed by atoms with Crippen molar-refractivity contribution in [2.45, 2.75) is 19.9 Å². The van der Waals surface area contributed by atoms with E-state index in [1.807, 2.05) is 50.2 Å². The van der Waals surface area contributed by atoms with Crippen LogP contribution >= 0.6 is 0 Å². The number of hydrogen-bond donors (Lipinski definition) is 0. The molecule has 1 amide bonds. The van der Waals surface area contributed by atoms with Gasteiger partial charge in [0.25, 0.3) is 5.91 Å². The van der Waals surface area contributed by atoms with Gasteiger partial charge in [-0.1, -0.05) is 12.1 Å². The van der Waals surface area contributed by atoms with E-state index in [1.54, 1.807) is 19.1 Å². The third-order valence-corrected chi connectivity index (χ3v) is 5.15. The maximum Gasteiger partial charge on any atom is 0.290 e. The van der Waals surface area contributed by atoms with E-state index in [-0.39, 0.29) is 17.1 Å². The Kier molecular flexibility index (Phi) is 3.61. The lowest BCUT2D eigenvalue weighted by Crippen LogP contribution is -2.25. The van der Waals surface area contributed by atoms with Crippen molar-refractivity contribution in [3.8, 4) is 5.75 Å². The van der Waals surface area contributed by atoms with Crippen molar-refractivity contribution in [2.75, 3.05) is 14.2 Å². The topological polar surface area (TPSA) is 59.8 Å². The van der Waals surface area contributed by atoms with Gasteiger partial charge >= 0.3 is 0 Å². The molecule has 1 aliphatic rings. The van der Waals surface area contributed by atoms with Gasteiger partial charge < -0.3 is 14.1 Å². The summed E-state index contributed by atoms with van der Waals surface area (Å²) >= 11 is 0. The average molecular weight is 349 g/mol. The molecule has 0 spiro atoms. The largest absolute Gasteiger partial charge is 0.497 e. The zero-order chi connectivity index (χ0) is 18.6. The monoisotopic (exact) mass is 349 g/mol. The van der Waals surface area contributed by atoms with Crippen LogP contribution in [0.4, 0.5) is 0 Å². The molecule has 1 atom stereocenters. The first-order valence-corrected chi connectivity index (χ1v) is 8.41. The number of hydrogen-bond acceptors (Lipinski definition) is 4. The molecule has 26 heavy (non-hydrogen) atoms. The van der Waals surface area contributed by atoms with Crippen molar-refractivity contribution in [1.29, 1.82) is 0 Å². The average Bonchev–Trinajstić information content (AvgIpc) is 2.89. The lowest BCUT2D eigenvalue weighted by atomic mass is 9.97. The van der Waals surface area contributed by atoms with E-state index in [2.05, 4.69) is 0 Å². The van der Waals surface area contributed by atoms with Crippen LogP contribution in [0.1, 0.15) is 38.9 Å². The summed E-state index contributed by atoms with van der Waals surface area (Å²) in [6.07, 6.45) is 0. The summed E-state index contributed by atoms with van der Waals surface area (Å²) in [4.78, 5) is 27.5. The minimum atomic E-state index is -0.467. The van der Waals surface area contributed by atoms with E-state index < -0.39 is 6.04 Å². The Morgan fingerprint density at radius 3 is 2.35 bits per heavy atom. The van der Waals surface area contributed by atoms with E-state index in [9.17, 15) is 9.59 Å². The molecule has 0 fully saturated rings. The van der Waals surface area contributed by atoms with Gasteiger partial charge in [-0.15, -0.1) is 0 Å². The van der Waals surface area contributed by atoms with Gasteiger partial charge in [0.1, 0.15) is 11.3 Å². The summed E-state index contributed by atoms with van der Waals surface area (Å²) in [5, 5.41) is 0.508. The van der Waals surface area contributed by atoms with Crippen LogP contribution in [-0.4, -0.2) is 25.0 Å². The Hall–Kier alpha value is -3.08. The molecular formula is C21H19NO4. The van der Waals surface area contributed by atoms with Crippen LogP contribution in [0, 0.1) is 13.8 Å². The number of amides is 1. The Labute approximate surface area is 150 Å². The lowest BCUT2D eigenvalue weighted by Gasteiger charge is -2.20. The Morgan fingerprint density at radius 2 is 1.69 bits per heavy atom. The summed E-state index contributed by atoms with van der Waals surface area (Å²) in [5.74, 6) is 0.574. The number of aryl methyl sites for hydroxylation is 2. The molecule has 0 saturated heterocycles. The van der Waals surface area contributed by atoms with Crippen molar-refractivity contribution in [3.05, 3.63) is 74.6 Å². The first kappa shape index (κ1) is 16.4. The van der Waals surface area contributed by atoms with Gasteiger partial charge in [-0.05, 0) is 54.8 Å². The number of ether oxygens (including phenoxy) is 1. The molecule has 132 valence electrons. The molecule has 0 radical (unpaired) electrons. The molecule has 0 bridgehead atoms. The van der Waals surface area contributed by atoms with E-state index >= 15 is 0 Å². The van der Waals surface area contributed by atoms with E-state index in [0.717, 1.165) is 22.4 Å². The second-order valence-electron chi connectivity index (χ2n) is 6.70. The van der Waals surface area contributed by atoms with Crippen molar-refractivity contribution >= 4 is 16.9 Å². The van der Waals surface area contributed by atoms with Gasteiger partial charge in [0.15, 0.2) is 5.43 Å². The maximum atomic E-state index is 13.2. The molecule has 0 aliphatic carbocycles. The fraction of sp³-hybridized carbons (Fsp3) is 0.238. The fourth-order valence-corrected chi connectivity index (χ4v) is 3.52. The number of methoxy groups -OCH3 is 1. The Balaban J connectivity index is 1.98. The molecule has 1 aliphatic heterocycles. The van der Waals surface area contributed by atoms with Gasteiger partial charge in [-0.2, -0.15) is 0 Å². The maximum absolute atomic E-state index is 13.2. The normalized spacial score (nSPS) is 16.2. The zero-order valence-corrected chi connectivity index (χ0v) is 15.1. The number of benzene rings is 2. The van der Waals surface area contributed by atoms with Crippen LogP contribution in [-0.2, 0) is 0 Å². The summed E-state index contributed by atoms with van der Waals surface area (Å²) in [6, 6.07) is 10.6. The first-order chi connectivity index (χ1) is 12.4. The molecule has 0 saturated carbocycles. The molecule has 4 rings (SSSR count). The highest BCUT2D eigenvalue weighted by Gasteiger charge is 2.40. The molecule has 0 unspecified atom stereocenters. The predicted octanol–water partition coefficient (Wildman–Crippen LogP) is 3.59. The van der Waals surface area contributed by atoms with Crippen LogP contribution in [0.3, 0.4) is 0 Å². The van der Waals surface area contributed by atoms with Crippen molar-refractivity contribution in [3.63, 3.8) is 0 Å². The number of carbonyl (C=O) groups excluding carboxylic acids is 1. The SMILES string of the molecule is COc1ccc([C@H]2c3c(oc4cc(C)c(C)cc4c3=O)C(=O)N2C)cc1. The van der Waals surface area contributed by atoms with Gasteiger partial charge in [-0.25, -0.2) is 0 Å². The third kappa shape index (κ3) is 2.24. The summed E-state index contributed by atoms with van der Waals surface area (Å²) in [6.45, 7) is 3.91. The smallest absolute Gasteiger partial charge is 0.290 e. The highest BCUT2D eigenvalue weighted by Crippen LogP contribution is 2.37. The van der Waals surface area contributed by atoms with Gasteiger partial charge in [0, 0.05) is 7.05 Å². The fourth-order valence-electron chi connectivity index (χ4n) is 3.52. The highest BCUT2D eigenvalue weighted by atomic mass is 16.5. The molecule has 2 heterocycles. The van der Waals surface area contributed by atoms with Gasteiger partial charge in [0.05, 0.1) is 24.1 Å². The van der Waals surface area contributed by atoms with E-state index in [4.69, 9.17) is 9.15 Å². The van der Waals surface area contributed by atoms with Crippen LogP contribution in [0.25, 0.3) is 11.0 Å². The van der Waals surface area contributed by atoms with Crippen LogP contribution < -0.4 is 10.2 Å². The third-order valence-electron chi connectivity index (χ3n) is 5.15. The molecular weight excluding hydrogens is 330 g/mol. The molecule has 1 aromatic heterocycles. The molecule has 3 aromatic rings. The standard InChI is InChI=1S/C21H19NO4/c1-11-9-15-16(10-12(11)2)26-20-17(19(15)23)18(22(3)21(20)24)13-5-7-14(25-4)8-6-13/h5-10,18H,1-4H3/t18-/m0/s1. The molecule has 5 heteroatoms. The number of carbonyl (C=O) groups is 1. The van der Waals surface area contributed by atoms with Crippen LogP contribution in [0.5, 0.6) is 5.75 Å². The summed E-state index contributed by atoms with van der Waals surface area (Å²) in [5.41, 5.74) is 3.58. The van der Waals surface area contributed by atoms with Crippen molar-refractivity contribution in [1.82, 2.24) is 4.90 Å². The predicted molar refractivity (Wildman–Crippen MR) is 98.9 cm³/mol.